The molecule has 0 bridgehead atoms. The Hall–Kier alpha value is -1.03. The van der Waals surface area contributed by atoms with Gasteiger partial charge in [0.05, 0.1) is 11.9 Å². The van der Waals surface area contributed by atoms with Gasteiger partial charge in [-0.2, -0.15) is 5.10 Å². The third kappa shape index (κ3) is 3.98. The first-order valence-electron chi connectivity index (χ1n) is 7.60. The van der Waals surface area contributed by atoms with E-state index in [4.69, 9.17) is 11.6 Å². The summed E-state index contributed by atoms with van der Waals surface area (Å²) in [5, 5.41) is 7.90. The van der Waals surface area contributed by atoms with E-state index in [-0.39, 0.29) is 10.6 Å². The van der Waals surface area contributed by atoms with Crippen LogP contribution in [0.25, 0.3) is 0 Å². The van der Waals surface area contributed by atoms with Crippen molar-refractivity contribution in [2.75, 3.05) is 5.32 Å². The molecular formula is C15H24ClN3O. The van der Waals surface area contributed by atoms with Crippen LogP contribution >= 0.6 is 11.6 Å². The van der Waals surface area contributed by atoms with Crippen LogP contribution in [-0.4, -0.2) is 15.8 Å². The van der Waals surface area contributed by atoms with Crippen molar-refractivity contribution in [3.8, 4) is 0 Å². The van der Waals surface area contributed by atoms with Crippen LogP contribution in [0.4, 0.5) is 5.69 Å². The lowest BCUT2D eigenvalue weighted by Gasteiger charge is -2.18. The molecule has 1 fully saturated rings. The van der Waals surface area contributed by atoms with Gasteiger partial charge in [0.1, 0.15) is 5.02 Å². The van der Waals surface area contributed by atoms with Crippen molar-refractivity contribution in [2.24, 2.45) is 5.92 Å². The van der Waals surface area contributed by atoms with Crippen molar-refractivity contribution >= 4 is 17.3 Å². The molecule has 4 nitrogen and oxygen atoms in total. The van der Waals surface area contributed by atoms with Crippen LogP contribution in [0.15, 0.2) is 11.0 Å². The Balaban J connectivity index is 2.12. The minimum absolute atomic E-state index is 0.195. The highest BCUT2D eigenvalue weighted by atomic mass is 35.5. The molecule has 1 aromatic rings. The molecule has 1 saturated carbocycles. The van der Waals surface area contributed by atoms with Crippen LogP contribution in [0.5, 0.6) is 0 Å². The molecule has 1 aliphatic carbocycles. The number of hydrogen-bond donors (Lipinski definition) is 1. The summed E-state index contributed by atoms with van der Waals surface area (Å²) in [6, 6.07) is 0.414. The normalized spacial score (nSPS) is 17.2. The first-order valence-corrected chi connectivity index (χ1v) is 7.98. The number of aromatic nitrogens is 2. The Labute approximate surface area is 125 Å². The second-order valence-electron chi connectivity index (χ2n) is 6.09. The lowest BCUT2D eigenvalue weighted by atomic mass is 10.1. The van der Waals surface area contributed by atoms with Crippen molar-refractivity contribution in [2.45, 2.75) is 65.0 Å². The van der Waals surface area contributed by atoms with Crippen molar-refractivity contribution in [1.29, 1.82) is 0 Å². The zero-order chi connectivity index (χ0) is 14.5. The smallest absolute Gasteiger partial charge is 0.287 e. The molecule has 0 unspecified atom stereocenters. The zero-order valence-electron chi connectivity index (χ0n) is 12.4. The van der Waals surface area contributed by atoms with E-state index in [2.05, 4.69) is 24.3 Å². The van der Waals surface area contributed by atoms with Gasteiger partial charge in [-0.25, -0.2) is 4.68 Å². The van der Waals surface area contributed by atoms with E-state index < -0.39 is 0 Å². The predicted molar refractivity (Wildman–Crippen MR) is 83.5 cm³/mol. The van der Waals surface area contributed by atoms with Gasteiger partial charge in [-0.05, 0) is 18.8 Å². The Bertz CT molecular complexity index is 490. The molecule has 5 heteroatoms. The standard InChI is InChI=1S/C15H24ClN3O/c1-11(2)10-19-15(20)14(16)13(9-17-19)18-12-7-5-3-4-6-8-12/h9,11-12,18H,3-8,10H2,1-2H3. The minimum Gasteiger partial charge on any atom is -0.380 e. The second-order valence-corrected chi connectivity index (χ2v) is 6.46. The third-order valence-electron chi connectivity index (χ3n) is 3.74. The zero-order valence-corrected chi connectivity index (χ0v) is 13.1. The van der Waals surface area contributed by atoms with Gasteiger partial charge in [-0.3, -0.25) is 4.79 Å². The van der Waals surface area contributed by atoms with Crippen LogP contribution in [0.2, 0.25) is 5.02 Å². The number of halogens is 1. The van der Waals surface area contributed by atoms with E-state index >= 15 is 0 Å². The maximum Gasteiger partial charge on any atom is 0.287 e. The topological polar surface area (TPSA) is 46.9 Å². The predicted octanol–water partition coefficient (Wildman–Crippen LogP) is 3.69. The summed E-state index contributed by atoms with van der Waals surface area (Å²) < 4.78 is 1.45. The SMILES string of the molecule is CC(C)Cn1ncc(NC2CCCCCC2)c(Cl)c1=O. The highest BCUT2D eigenvalue weighted by Gasteiger charge is 2.16. The fourth-order valence-corrected chi connectivity index (χ4v) is 2.89. The van der Waals surface area contributed by atoms with Crippen LogP contribution in [0.1, 0.15) is 52.4 Å². The van der Waals surface area contributed by atoms with Crippen LogP contribution in [-0.2, 0) is 6.54 Å². The van der Waals surface area contributed by atoms with E-state index in [9.17, 15) is 4.79 Å². The average Bonchev–Trinajstić information content (AvgIpc) is 2.66. The Morgan fingerprint density at radius 2 is 2.00 bits per heavy atom. The van der Waals surface area contributed by atoms with Crippen LogP contribution < -0.4 is 10.9 Å². The number of hydrogen-bond acceptors (Lipinski definition) is 3. The maximum atomic E-state index is 12.2. The Kier molecular flexibility index (Phi) is 5.46. The molecule has 1 heterocycles. The Morgan fingerprint density at radius 3 is 2.60 bits per heavy atom. The average molecular weight is 298 g/mol. The third-order valence-corrected chi connectivity index (χ3v) is 4.10. The molecule has 20 heavy (non-hydrogen) atoms. The molecule has 1 aliphatic rings. The minimum atomic E-state index is -0.195. The second kappa shape index (κ2) is 7.11. The molecule has 0 spiro atoms. The summed E-state index contributed by atoms with van der Waals surface area (Å²) in [6.07, 6.45) is 9.08. The molecule has 0 amide bonds. The van der Waals surface area contributed by atoms with Crippen molar-refractivity contribution < 1.29 is 0 Å². The lowest BCUT2D eigenvalue weighted by Crippen LogP contribution is -2.28. The maximum absolute atomic E-state index is 12.2. The molecule has 0 aliphatic heterocycles. The molecule has 0 radical (unpaired) electrons. The van der Waals surface area contributed by atoms with E-state index in [0.717, 1.165) is 12.8 Å². The molecule has 0 saturated heterocycles. The molecule has 1 N–H and O–H groups in total. The van der Waals surface area contributed by atoms with Crippen molar-refractivity contribution in [3.05, 3.63) is 21.6 Å². The molecular weight excluding hydrogens is 274 g/mol. The highest BCUT2D eigenvalue weighted by molar-refractivity contribution is 6.32. The Morgan fingerprint density at radius 1 is 1.35 bits per heavy atom. The molecule has 1 aromatic heterocycles. The van der Waals surface area contributed by atoms with E-state index in [1.54, 1.807) is 6.20 Å². The van der Waals surface area contributed by atoms with Gasteiger partial charge in [0.2, 0.25) is 0 Å². The summed E-state index contributed by atoms with van der Waals surface area (Å²) in [5.41, 5.74) is 0.488. The largest absolute Gasteiger partial charge is 0.380 e. The first kappa shape index (κ1) is 15.4. The lowest BCUT2D eigenvalue weighted by molar-refractivity contribution is 0.464. The number of nitrogens with one attached hydrogen (secondary N) is 1. The van der Waals surface area contributed by atoms with Gasteiger partial charge in [0, 0.05) is 12.6 Å². The number of rotatable bonds is 4. The van der Waals surface area contributed by atoms with Gasteiger partial charge in [-0.15, -0.1) is 0 Å². The molecule has 112 valence electrons. The van der Waals surface area contributed by atoms with Gasteiger partial charge >= 0.3 is 0 Å². The van der Waals surface area contributed by atoms with Crippen molar-refractivity contribution in [3.63, 3.8) is 0 Å². The monoisotopic (exact) mass is 297 g/mol. The van der Waals surface area contributed by atoms with E-state index in [0.29, 0.717) is 24.2 Å². The highest BCUT2D eigenvalue weighted by Crippen LogP contribution is 2.23. The van der Waals surface area contributed by atoms with E-state index in [1.807, 2.05) is 0 Å². The molecule has 0 aromatic carbocycles. The number of anilines is 1. The van der Waals surface area contributed by atoms with Gasteiger partial charge in [0.25, 0.3) is 5.56 Å². The van der Waals surface area contributed by atoms with Gasteiger partial charge in [-0.1, -0.05) is 51.1 Å². The summed E-state index contributed by atoms with van der Waals surface area (Å²) >= 11 is 6.21. The van der Waals surface area contributed by atoms with Crippen LogP contribution in [0, 0.1) is 5.92 Å². The van der Waals surface area contributed by atoms with Gasteiger partial charge in [0.15, 0.2) is 0 Å². The quantitative estimate of drug-likeness (QED) is 0.862. The van der Waals surface area contributed by atoms with Crippen molar-refractivity contribution in [1.82, 2.24) is 9.78 Å². The van der Waals surface area contributed by atoms with E-state index in [1.165, 1.54) is 30.4 Å². The molecule has 0 atom stereocenters. The fraction of sp³-hybridized carbons (Fsp3) is 0.733. The summed E-state index contributed by atoms with van der Waals surface area (Å²) in [5.74, 6) is 0.372. The number of nitrogens with zero attached hydrogens (tertiary/aromatic N) is 2. The fourth-order valence-electron chi connectivity index (χ4n) is 2.69. The molecule has 2 rings (SSSR count). The first-order chi connectivity index (χ1) is 9.58. The summed E-state index contributed by atoms with van der Waals surface area (Å²) in [4.78, 5) is 12.2. The van der Waals surface area contributed by atoms with Crippen LogP contribution in [0.3, 0.4) is 0 Å². The summed E-state index contributed by atoms with van der Waals surface area (Å²) in [6.45, 7) is 4.71. The summed E-state index contributed by atoms with van der Waals surface area (Å²) in [7, 11) is 0. The van der Waals surface area contributed by atoms with Gasteiger partial charge < -0.3 is 5.32 Å².